The van der Waals surface area contributed by atoms with Gasteiger partial charge in [-0.3, -0.25) is 4.79 Å². The van der Waals surface area contributed by atoms with Gasteiger partial charge in [-0.1, -0.05) is 11.6 Å². The van der Waals surface area contributed by atoms with Crippen molar-refractivity contribution in [3.8, 4) is 5.75 Å². The lowest BCUT2D eigenvalue weighted by atomic mass is 10.0. The molecule has 7 heteroatoms. The summed E-state index contributed by atoms with van der Waals surface area (Å²) in [6.45, 7) is 4.82. The molecule has 2 fully saturated rings. The van der Waals surface area contributed by atoms with Gasteiger partial charge in [0.25, 0.3) is 5.91 Å². The van der Waals surface area contributed by atoms with Crippen LogP contribution in [0.3, 0.4) is 0 Å². The average Bonchev–Trinajstić information content (AvgIpc) is 3.13. The van der Waals surface area contributed by atoms with E-state index in [1.807, 2.05) is 11.8 Å². The van der Waals surface area contributed by atoms with E-state index in [-0.39, 0.29) is 12.0 Å². The standard InChI is InChI=1S/C20H22ClNO5/c1-10-3-19(24)27-17-7-18(16(21)6-15(10)17)26-11(2)20(25)22-8-12-4-14(23)5-13(12)9-22/h3,6-7,11-14,23H,4-5,8-9H2,1-2H3/t11?,12-,13+,14?. The van der Waals surface area contributed by atoms with E-state index < -0.39 is 11.7 Å². The Balaban J connectivity index is 1.51. The fourth-order valence-electron chi connectivity index (χ4n) is 4.36. The van der Waals surface area contributed by atoms with E-state index in [0.717, 1.165) is 23.8 Å². The molecule has 0 radical (unpaired) electrons. The zero-order chi connectivity index (χ0) is 19.3. The van der Waals surface area contributed by atoms with Gasteiger partial charge >= 0.3 is 5.63 Å². The lowest BCUT2D eigenvalue weighted by molar-refractivity contribution is -0.137. The third kappa shape index (κ3) is 3.44. The highest BCUT2D eigenvalue weighted by Crippen LogP contribution is 2.38. The monoisotopic (exact) mass is 391 g/mol. The Bertz CT molecular complexity index is 941. The zero-order valence-electron chi connectivity index (χ0n) is 15.3. The molecule has 1 N–H and O–H groups in total. The smallest absolute Gasteiger partial charge is 0.336 e. The Hall–Kier alpha value is -2.05. The van der Waals surface area contributed by atoms with E-state index in [1.54, 1.807) is 19.1 Å². The molecule has 0 bridgehead atoms. The summed E-state index contributed by atoms with van der Waals surface area (Å²) in [5.74, 6) is 0.963. The van der Waals surface area contributed by atoms with Gasteiger partial charge in [0.15, 0.2) is 6.10 Å². The molecular formula is C20H22ClNO5. The van der Waals surface area contributed by atoms with Gasteiger partial charge in [-0.2, -0.15) is 0 Å². The quantitative estimate of drug-likeness (QED) is 0.814. The zero-order valence-corrected chi connectivity index (χ0v) is 16.0. The molecule has 1 aromatic carbocycles. The number of carbonyl (C=O) groups is 1. The first kappa shape index (κ1) is 18.3. The van der Waals surface area contributed by atoms with E-state index in [2.05, 4.69) is 0 Å². The van der Waals surface area contributed by atoms with E-state index >= 15 is 0 Å². The summed E-state index contributed by atoms with van der Waals surface area (Å²) in [5, 5.41) is 10.8. The Morgan fingerprint density at radius 1 is 1.30 bits per heavy atom. The van der Waals surface area contributed by atoms with E-state index in [0.29, 0.717) is 41.3 Å². The first-order chi connectivity index (χ1) is 12.8. The molecule has 1 aliphatic heterocycles. The molecule has 0 spiro atoms. The van der Waals surface area contributed by atoms with Crippen LogP contribution < -0.4 is 10.4 Å². The van der Waals surface area contributed by atoms with Crippen molar-refractivity contribution in [2.24, 2.45) is 11.8 Å². The van der Waals surface area contributed by atoms with Crippen LogP contribution in [0.1, 0.15) is 25.3 Å². The fourth-order valence-corrected chi connectivity index (χ4v) is 4.56. The highest BCUT2D eigenvalue weighted by molar-refractivity contribution is 6.32. The fraction of sp³-hybridized carbons (Fsp3) is 0.500. The van der Waals surface area contributed by atoms with Crippen molar-refractivity contribution in [1.29, 1.82) is 0 Å². The summed E-state index contributed by atoms with van der Waals surface area (Å²) in [4.78, 5) is 26.2. The molecule has 2 aromatic rings. The van der Waals surface area contributed by atoms with Crippen molar-refractivity contribution in [2.75, 3.05) is 13.1 Å². The number of aliphatic hydroxyl groups is 1. The normalized spacial score (nSPS) is 25.6. The molecule has 1 amide bonds. The summed E-state index contributed by atoms with van der Waals surface area (Å²) < 4.78 is 11.0. The van der Waals surface area contributed by atoms with Crippen molar-refractivity contribution in [2.45, 2.75) is 38.9 Å². The van der Waals surface area contributed by atoms with Crippen molar-refractivity contribution in [1.82, 2.24) is 4.90 Å². The van der Waals surface area contributed by atoms with Crippen LogP contribution in [0.25, 0.3) is 11.0 Å². The molecule has 144 valence electrons. The summed E-state index contributed by atoms with van der Waals surface area (Å²) in [6, 6.07) is 4.65. The molecular weight excluding hydrogens is 370 g/mol. The second-order valence-electron chi connectivity index (χ2n) is 7.68. The Morgan fingerprint density at radius 2 is 1.96 bits per heavy atom. The molecule has 2 aliphatic rings. The lowest BCUT2D eigenvalue weighted by Gasteiger charge is -2.23. The molecule has 4 atom stereocenters. The Morgan fingerprint density at radius 3 is 2.63 bits per heavy atom. The lowest BCUT2D eigenvalue weighted by Crippen LogP contribution is -2.39. The largest absolute Gasteiger partial charge is 0.479 e. The van der Waals surface area contributed by atoms with Gasteiger partial charge in [0.1, 0.15) is 11.3 Å². The van der Waals surface area contributed by atoms with Crippen LogP contribution in [0.2, 0.25) is 5.02 Å². The Labute approximate surface area is 161 Å². The van der Waals surface area contributed by atoms with Crippen LogP contribution in [0, 0.1) is 18.8 Å². The number of benzene rings is 1. The SMILES string of the molecule is Cc1cc(=O)oc2cc(OC(C)C(=O)N3C[C@H]4CC(O)C[C@H]4C3)c(Cl)cc12. The number of rotatable bonds is 3. The molecule has 1 aliphatic carbocycles. The van der Waals surface area contributed by atoms with E-state index in [9.17, 15) is 14.7 Å². The van der Waals surface area contributed by atoms with Gasteiger partial charge in [0.05, 0.1) is 11.1 Å². The van der Waals surface area contributed by atoms with Crippen LogP contribution in [-0.2, 0) is 4.79 Å². The highest BCUT2D eigenvalue weighted by atomic mass is 35.5. The number of likely N-dealkylation sites (tertiary alicyclic amines) is 1. The topological polar surface area (TPSA) is 80.0 Å². The number of fused-ring (bicyclic) bond motifs is 2. The third-order valence-corrected chi connectivity index (χ3v) is 5.99. The summed E-state index contributed by atoms with van der Waals surface area (Å²) >= 11 is 6.32. The number of carbonyl (C=O) groups excluding carboxylic acids is 1. The predicted octanol–water partition coefficient (Wildman–Crippen LogP) is 2.75. The van der Waals surface area contributed by atoms with Crippen LogP contribution in [0.5, 0.6) is 5.75 Å². The first-order valence-corrected chi connectivity index (χ1v) is 9.57. The second kappa shape index (κ2) is 6.84. The number of ether oxygens (including phenoxy) is 1. The molecule has 4 rings (SSSR count). The summed E-state index contributed by atoms with van der Waals surface area (Å²) in [5.41, 5.74) is 0.705. The maximum absolute atomic E-state index is 12.8. The molecule has 1 saturated heterocycles. The van der Waals surface area contributed by atoms with Crippen LogP contribution >= 0.6 is 11.6 Å². The number of hydrogen-bond acceptors (Lipinski definition) is 5. The van der Waals surface area contributed by atoms with Crippen molar-refractivity contribution in [3.63, 3.8) is 0 Å². The predicted molar refractivity (Wildman–Crippen MR) is 101 cm³/mol. The van der Waals surface area contributed by atoms with E-state index in [4.69, 9.17) is 20.8 Å². The minimum atomic E-state index is -0.708. The molecule has 1 saturated carbocycles. The van der Waals surface area contributed by atoms with Gasteiger partial charge in [-0.15, -0.1) is 0 Å². The number of aliphatic hydroxyl groups excluding tert-OH is 1. The number of amides is 1. The molecule has 6 nitrogen and oxygen atoms in total. The summed E-state index contributed by atoms with van der Waals surface area (Å²) in [6.07, 6.45) is 0.581. The average molecular weight is 392 g/mol. The van der Waals surface area contributed by atoms with Gasteiger partial charge in [-0.25, -0.2) is 4.79 Å². The molecule has 2 unspecified atom stereocenters. The van der Waals surface area contributed by atoms with Crippen molar-refractivity contribution < 1.29 is 19.1 Å². The van der Waals surface area contributed by atoms with Gasteiger partial charge in [0.2, 0.25) is 0 Å². The maximum Gasteiger partial charge on any atom is 0.336 e. The van der Waals surface area contributed by atoms with Crippen LogP contribution in [0.15, 0.2) is 27.4 Å². The van der Waals surface area contributed by atoms with Crippen LogP contribution in [0.4, 0.5) is 0 Å². The van der Waals surface area contributed by atoms with Crippen LogP contribution in [-0.4, -0.2) is 41.2 Å². The number of nitrogens with zero attached hydrogens (tertiary/aromatic N) is 1. The summed E-state index contributed by atoms with van der Waals surface area (Å²) in [7, 11) is 0. The third-order valence-electron chi connectivity index (χ3n) is 5.69. The first-order valence-electron chi connectivity index (χ1n) is 9.19. The number of aryl methyl sites for hydroxylation is 1. The molecule has 2 heterocycles. The van der Waals surface area contributed by atoms with Gasteiger partial charge in [0, 0.05) is 30.6 Å². The number of halogens is 1. The highest BCUT2D eigenvalue weighted by Gasteiger charge is 2.42. The second-order valence-corrected chi connectivity index (χ2v) is 8.08. The Kier molecular flexibility index (Phi) is 4.64. The minimum Gasteiger partial charge on any atom is -0.479 e. The minimum absolute atomic E-state index is 0.0965. The van der Waals surface area contributed by atoms with E-state index in [1.165, 1.54) is 6.07 Å². The maximum atomic E-state index is 12.8. The van der Waals surface area contributed by atoms with Crippen molar-refractivity contribution in [3.05, 3.63) is 39.2 Å². The van der Waals surface area contributed by atoms with Crippen molar-refractivity contribution >= 4 is 28.5 Å². The molecule has 27 heavy (non-hydrogen) atoms. The number of hydrogen-bond donors (Lipinski definition) is 1. The van der Waals surface area contributed by atoms with Gasteiger partial charge < -0.3 is 19.2 Å². The van der Waals surface area contributed by atoms with Gasteiger partial charge in [-0.05, 0) is 50.2 Å². The molecule has 1 aromatic heterocycles.